The highest BCUT2D eigenvalue weighted by Crippen LogP contribution is 2.36. The Bertz CT molecular complexity index is 708. The van der Waals surface area contributed by atoms with Crippen LogP contribution < -0.4 is 4.90 Å². The van der Waals surface area contributed by atoms with Crippen molar-refractivity contribution in [3.8, 4) is 0 Å². The van der Waals surface area contributed by atoms with Crippen molar-refractivity contribution in [1.29, 1.82) is 0 Å². The summed E-state index contributed by atoms with van der Waals surface area (Å²) in [5, 5.41) is 9.70. The molecule has 2 aromatic rings. The molecule has 23 heavy (non-hydrogen) atoms. The van der Waals surface area contributed by atoms with E-state index in [-0.39, 0.29) is 24.3 Å². The molecule has 1 aliphatic heterocycles. The lowest BCUT2D eigenvalue weighted by molar-refractivity contribution is -0.139. The van der Waals surface area contributed by atoms with Crippen molar-refractivity contribution >= 4 is 16.6 Å². The molecule has 0 bridgehead atoms. The summed E-state index contributed by atoms with van der Waals surface area (Å²) in [6, 6.07) is 3.20. The van der Waals surface area contributed by atoms with Crippen molar-refractivity contribution in [2.24, 2.45) is 0 Å². The molecule has 2 aromatic heterocycles. The number of aliphatic hydroxyl groups is 1. The molecule has 1 saturated heterocycles. The summed E-state index contributed by atoms with van der Waals surface area (Å²) in [6.07, 6.45) is -2.54. The molecule has 0 aromatic carbocycles. The number of nitrogens with zero attached hydrogens (tertiary/aromatic N) is 3. The van der Waals surface area contributed by atoms with E-state index in [2.05, 4.69) is 9.97 Å². The summed E-state index contributed by atoms with van der Waals surface area (Å²) < 4.78 is 44.9. The Morgan fingerprint density at radius 1 is 1.35 bits per heavy atom. The van der Waals surface area contributed by atoms with Crippen LogP contribution in [0.5, 0.6) is 0 Å². The average Bonchev–Trinajstić information content (AvgIpc) is 2.52. The van der Waals surface area contributed by atoms with Crippen molar-refractivity contribution in [2.75, 3.05) is 24.6 Å². The molecule has 0 spiro atoms. The number of hydrogen-bond acceptors (Lipinski definition) is 5. The molecular formula is C15H16F3N3O2. The monoisotopic (exact) mass is 327 g/mol. The lowest BCUT2D eigenvalue weighted by atomic mass is 10.1. The number of rotatable bonds is 2. The lowest BCUT2D eigenvalue weighted by Gasteiger charge is -2.37. The van der Waals surface area contributed by atoms with Gasteiger partial charge in [-0.15, -0.1) is 0 Å². The Kier molecular flexibility index (Phi) is 4.11. The normalized spacial score (nSPS) is 22.6. The lowest BCUT2D eigenvalue weighted by Crippen LogP contribution is -2.48. The minimum atomic E-state index is -4.56. The molecule has 1 aliphatic rings. The van der Waals surface area contributed by atoms with Gasteiger partial charge >= 0.3 is 6.18 Å². The van der Waals surface area contributed by atoms with E-state index in [1.165, 1.54) is 12.4 Å². The molecule has 1 N–H and O–H groups in total. The van der Waals surface area contributed by atoms with Gasteiger partial charge < -0.3 is 14.7 Å². The van der Waals surface area contributed by atoms with E-state index in [1.54, 1.807) is 12.1 Å². The van der Waals surface area contributed by atoms with E-state index in [1.807, 2.05) is 11.8 Å². The molecular weight excluding hydrogens is 311 g/mol. The van der Waals surface area contributed by atoms with Crippen LogP contribution in [0.4, 0.5) is 18.9 Å². The molecule has 0 amide bonds. The van der Waals surface area contributed by atoms with Crippen LogP contribution in [0.3, 0.4) is 0 Å². The number of pyridine rings is 2. The average molecular weight is 327 g/mol. The van der Waals surface area contributed by atoms with Crippen LogP contribution in [0.2, 0.25) is 0 Å². The van der Waals surface area contributed by atoms with E-state index < -0.39 is 11.9 Å². The fraction of sp³-hybridized carbons (Fsp3) is 0.467. The highest BCUT2D eigenvalue weighted by atomic mass is 19.4. The Labute approximate surface area is 130 Å². The topological polar surface area (TPSA) is 58.5 Å². The first-order valence-electron chi connectivity index (χ1n) is 7.22. The zero-order valence-corrected chi connectivity index (χ0v) is 12.4. The van der Waals surface area contributed by atoms with Crippen LogP contribution >= 0.6 is 0 Å². The number of alkyl halides is 3. The largest absolute Gasteiger partial charge is 0.435 e. The Balaban J connectivity index is 2.09. The zero-order valence-electron chi connectivity index (χ0n) is 12.4. The second-order valence-electron chi connectivity index (χ2n) is 5.55. The molecule has 0 aliphatic carbocycles. The quantitative estimate of drug-likeness (QED) is 0.917. The molecule has 2 atom stereocenters. The van der Waals surface area contributed by atoms with E-state index in [0.29, 0.717) is 24.2 Å². The summed E-state index contributed by atoms with van der Waals surface area (Å²) in [6.45, 7) is 2.60. The third-order valence-electron chi connectivity index (χ3n) is 3.76. The molecule has 3 rings (SSSR count). The van der Waals surface area contributed by atoms with Gasteiger partial charge in [-0.2, -0.15) is 13.2 Å². The minimum absolute atomic E-state index is 0.144. The van der Waals surface area contributed by atoms with Gasteiger partial charge in [0.1, 0.15) is 5.52 Å². The number of morpholine rings is 1. The van der Waals surface area contributed by atoms with Gasteiger partial charge in [-0.25, -0.2) is 4.98 Å². The number of aromatic nitrogens is 2. The van der Waals surface area contributed by atoms with Gasteiger partial charge in [0.15, 0.2) is 5.69 Å². The summed E-state index contributed by atoms with van der Waals surface area (Å²) in [4.78, 5) is 9.35. The molecule has 0 radical (unpaired) electrons. The molecule has 1 unspecified atom stereocenters. The SMILES string of the molecule is C[C@@H]1CN(c2cnc(C(F)(F)F)c3ncccc23)CC(CO)O1. The smallest absolute Gasteiger partial charge is 0.394 e. The highest BCUT2D eigenvalue weighted by molar-refractivity contribution is 5.92. The molecule has 0 saturated carbocycles. The predicted octanol–water partition coefficient (Wildman–Crippen LogP) is 2.23. The van der Waals surface area contributed by atoms with Crippen molar-refractivity contribution in [2.45, 2.75) is 25.3 Å². The first kappa shape index (κ1) is 15.9. The van der Waals surface area contributed by atoms with Crippen molar-refractivity contribution in [3.05, 3.63) is 30.2 Å². The van der Waals surface area contributed by atoms with Crippen molar-refractivity contribution in [3.63, 3.8) is 0 Å². The van der Waals surface area contributed by atoms with E-state index in [9.17, 15) is 18.3 Å². The van der Waals surface area contributed by atoms with Gasteiger partial charge in [-0.3, -0.25) is 4.98 Å². The van der Waals surface area contributed by atoms with Gasteiger partial charge in [0, 0.05) is 24.7 Å². The Morgan fingerprint density at radius 3 is 2.83 bits per heavy atom. The van der Waals surface area contributed by atoms with Gasteiger partial charge in [0.05, 0.1) is 30.7 Å². The highest BCUT2D eigenvalue weighted by Gasteiger charge is 2.36. The standard InChI is InChI=1S/C15H16F3N3O2/c1-9-6-21(7-10(8-22)23-9)12-5-20-14(15(16,17)18)13-11(12)3-2-4-19-13/h2-5,9-10,22H,6-8H2,1H3/t9-,10?/m1/s1. The number of aliphatic hydroxyl groups excluding tert-OH is 1. The first-order chi connectivity index (χ1) is 10.9. The fourth-order valence-electron chi connectivity index (χ4n) is 2.86. The maximum Gasteiger partial charge on any atom is 0.435 e. The van der Waals surface area contributed by atoms with Crippen LogP contribution in [-0.4, -0.2) is 47.0 Å². The fourth-order valence-corrected chi connectivity index (χ4v) is 2.86. The third kappa shape index (κ3) is 3.09. The summed E-state index contributed by atoms with van der Waals surface area (Å²) in [5.41, 5.74) is -0.594. The van der Waals surface area contributed by atoms with Crippen LogP contribution in [-0.2, 0) is 10.9 Å². The van der Waals surface area contributed by atoms with E-state index >= 15 is 0 Å². The summed E-state index contributed by atoms with van der Waals surface area (Å²) in [7, 11) is 0. The predicted molar refractivity (Wildman–Crippen MR) is 78.2 cm³/mol. The third-order valence-corrected chi connectivity index (χ3v) is 3.76. The number of ether oxygens (including phenoxy) is 1. The Morgan fingerprint density at radius 2 is 2.13 bits per heavy atom. The maximum atomic E-state index is 13.1. The number of halogens is 3. The first-order valence-corrected chi connectivity index (χ1v) is 7.22. The molecule has 5 nitrogen and oxygen atoms in total. The summed E-state index contributed by atoms with van der Waals surface area (Å²) >= 11 is 0. The molecule has 124 valence electrons. The van der Waals surface area contributed by atoms with Gasteiger partial charge in [-0.1, -0.05) is 0 Å². The van der Waals surface area contributed by atoms with E-state index in [0.717, 1.165) is 0 Å². The second-order valence-corrected chi connectivity index (χ2v) is 5.55. The number of fused-ring (bicyclic) bond motifs is 1. The summed E-state index contributed by atoms with van der Waals surface area (Å²) in [5.74, 6) is 0. The number of anilines is 1. The van der Waals surface area contributed by atoms with Crippen LogP contribution in [0, 0.1) is 0 Å². The second kappa shape index (κ2) is 5.93. The zero-order chi connectivity index (χ0) is 16.6. The molecule has 1 fully saturated rings. The van der Waals surface area contributed by atoms with Gasteiger partial charge in [0.25, 0.3) is 0 Å². The maximum absolute atomic E-state index is 13.1. The van der Waals surface area contributed by atoms with Gasteiger partial charge in [0.2, 0.25) is 0 Å². The molecule has 8 heteroatoms. The van der Waals surface area contributed by atoms with Crippen molar-refractivity contribution < 1.29 is 23.0 Å². The van der Waals surface area contributed by atoms with Crippen LogP contribution in [0.1, 0.15) is 12.6 Å². The van der Waals surface area contributed by atoms with Crippen molar-refractivity contribution in [1.82, 2.24) is 9.97 Å². The Hall–Kier alpha value is -1.93. The van der Waals surface area contributed by atoms with Crippen LogP contribution in [0.25, 0.3) is 10.9 Å². The van der Waals surface area contributed by atoms with E-state index in [4.69, 9.17) is 4.74 Å². The minimum Gasteiger partial charge on any atom is -0.394 e. The number of hydrogen-bond donors (Lipinski definition) is 1. The van der Waals surface area contributed by atoms with Crippen LogP contribution in [0.15, 0.2) is 24.5 Å². The molecule has 3 heterocycles. The van der Waals surface area contributed by atoms with Gasteiger partial charge in [-0.05, 0) is 19.1 Å².